The zero-order valence-electron chi connectivity index (χ0n) is 8.75. The van der Waals surface area contributed by atoms with E-state index in [4.69, 9.17) is 0 Å². The Balaban J connectivity index is 2.33. The van der Waals surface area contributed by atoms with E-state index in [9.17, 15) is 9.90 Å². The number of hydrogen-bond donors (Lipinski definition) is 1. The fraction of sp³-hybridized carbons (Fsp3) is 0.417. The lowest BCUT2D eigenvalue weighted by molar-refractivity contribution is -0.139. The van der Waals surface area contributed by atoms with Gasteiger partial charge in [0, 0.05) is 0 Å². The third kappa shape index (κ3) is 1.82. The number of aromatic hydroxyl groups is 1. The number of carbonyl (C=O) groups is 1. The highest BCUT2D eigenvalue weighted by molar-refractivity contribution is 5.73. The van der Waals surface area contributed by atoms with Crippen LogP contribution in [0, 0.1) is 0 Å². The quantitative estimate of drug-likeness (QED) is 0.747. The highest BCUT2D eigenvalue weighted by Crippen LogP contribution is 2.32. The third-order valence-electron chi connectivity index (χ3n) is 2.92. The van der Waals surface area contributed by atoms with E-state index in [2.05, 4.69) is 4.74 Å². The molecule has 0 bridgehead atoms. The summed E-state index contributed by atoms with van der Waals surface area (Å²) in [5.74, 6) is 0.130. The molecule has 0 heterocycles. The summed E-state index contributed by atoms with van der Waals surface area (Å²) in [4.78, 5) is 11.2. The van der Waals surface area contributed by atoms with Gasteiger partial charge in [-0.05, 0) is 42.0 Å². The molecule has 0 saturated carbocycles. The van der Waals surface area contributed by atoms with Gasteiger partial charge >= 0.3 is 5.97 Å². The van der Waals surface area contributed by atoms with Crippen LogP contribution in [0.1, 0.15) is 23.1 Å². The van der Waals surface area contributed by atoms with E-state index in [0.29, 0.717) is 12.2 Å². The number of esters is 1. The number of hydrogen-bond acceptors (Lipinski definition) is 3. The summed E-state index contributed by atoms with van der Waals surface area (Å²) in [5.41, 5.74) is 3.14. The maximum atomic E-state index is 11.2. The molecule has 0 radical (unpaired) electrons. The van der Waals surface area contributed by atoms with E-state index < -0.39 is 0 Å². The van der Waals surface area contributed by atoms with Gasteiger partial charge < -0.3 is 9.84 Å². The summed E-state index contributed by atoms with van der Waals surface area (Å²) in [6.45, 7) is 0. The summed E-state index contributed by atoms with van der Waals surface area (Å²) in [7, 11) is 1.39. The first-order valence-corrected chi connectivity index (χ1v) is 5.12. The molecule has 3 nitrogen and oxygen atoms in total. The number of fused-ring (bicyclic) bond motifs is 1. The van der Waals surface area contributed by atoms with E-state index in [1.54, 1.807) is 6.07 Å². The Hall–Kier alpha value is -1.51. The first-order chi connectivity index (χ1) is 7.22. The zero-order chi connectivity index (χ0) is 10.8. The molecule has 0 aliphatic heterocycles. The van der Waals surface area contributed by atoms with Gasteiger partial charge in [0.1, 0.15) is 5.75 Å². The molecule has 0 fully saturated rings. The Kier molecular flexibility index (Phi) is 2.62. The minimum Gasteiger partial charge on any atom is -0.508 e. The number of benzene rings is 1. The summed E-state index contributed by atoms with van der Waals surface area (Å²) in [5, 5.41) is 9.63. The topological polar surface area (TPSA) is 46.5 Å². The average molecular weight is 206 g/mol. The van der Waals surface area contributed by atoms with Gasteiger partial charge in [-0.2, -0.15) is 0 Å². The molecule has 0 spiro atoms. The lowest BCUT2D eigenvalue weighted by atomic mass is 10.00. The Morgan fingerprint density at radius 3 is 2.87 bits per heavy atom. The molecule has 0 saturated heterocycles. The molecule has 0 unspecified atom stereocenters. The lowest BCUT2D eigenvalue weighted by Gasteiger charge is -2.08. The molecular formula is C12H14O3. The molecule has 1 N–H and O–H groups in total. The molecule has 3 heteroatoms. The minimum atomic E-state index is -0.227. The molecule has 1 aliphatic carbocycles. The van der Waals surface area contributed by atoms with Crippen molar-refractivity contribution in [2.24, 2.45) is 0 Å². The third-order valence-corrected chi connectivity index (χ3v) is 2.92. The summed E-state index contributed by atoms with van der Waals surface area (Å²) in [6, 6.07) is 3.48. The second-order valence-electron chi connectivity index (χ2n) is 3.81. The standard InChI is InChI=1S/C12H14O3/c1-15-12(14)7-8-5-6-11(13)10-4-2-3-9(8)10/h5-6,13H,2-4,7H2,1H3. The number of phenolic OH excluding ortho intramolecular Hbond substituents is 1. The molecule has 1 aromatic carbocycles. The van der Waals surface area contributed by atoms with E-state index in [1.807, 2.05) is 6.07 Å². The van der Waals surface area contributed by atoms with Crippen LogP contribution in [-0.2, 0) is 28.8 Å². The Morgan fingerprint density at radius 1 is 1.40 bits per heavy atom. The van der Waals surface area contributed by atoms with Crippen molar-refractivity contribution in [3.05, 3.63) is 28.8 Å². The van der Waals surface area contributed by atoms with Crippen molar-refractivity contribution in [2.45, 2.75) is 25.7 Å². The number of rotatable bonds is 2. The van der Waals surface area contributed by atoms with Crippen molar-refractivity contribution >= 4 is 5.97 Å². The second kappa shape index (κ2) is 3.93. The average Bonchev–Trinajstić information content (AvgIpc) is 2.71. The molecule has 0 amide bonds. The first kappa shape index (κ1) is 10.0. The molecule has 0 aromatic heterocycles. The van der Waals surface area contributed by atoms with Gasteiger partial charge in [-0.15, -0.1) is 0 Å². The second-order valence-corrected chi connectivity index (χ2v) is 3.81. The molecule has 15 heavy (non-hydrogen) atoms. The van der Waals surface area contributed by atoms with Crippen molar-refractivity contribution in [2.75, 3.05) is 7.11 Å². The van der Waals surface area contributed by atoms with Gasteiger partial charge in [-0.25, -0.2) is 0 Å². The van der Waals surface area contributed by atoms with Gasteiger partial charge in [-0.1, -0.05) is 6.07 Å². The van der Waals surface area contributed by atoms with Gasteiger partial charge in [0.15, 0.2) is 0 Å². The maximum absolute atomic E-state index is 11.2. The van der Waals surface area contributed by atoms with Crippen molar-refractivity contribution in [3.8, 4) is 5.75 Å². The number of methoxy groups -OCH3 is 1. The number of carbonyl (C=O) groups excluding carboxylic acids is 1. The van der Waals surface area contributed by atoms with Crippen molar-refractivity contribution < 1.29 is 14.6 Å². The monoisotopic (exact) mass is 206 g/mol. The van der Waals surface area contributed by atoms with Crippen LogP contribution in [0.15, 0.2) is 12.1 Å². The van der Waals surface area contributed by atoms with E-state index in [-0.39, 0.29) is 5.97 Å². The Morgan fingerprint density at radius 2 is 2.13 bits per heavy atom. The lowest BCUT2D eigenvalue weighted by Crippen LogP contribution is -2.06. The van der Waals surface area contributed by atoms with E-state index in [0.717, 1.165) is 36.0 Å². The smallest absolute Gasteiger partial charge is 0.309 e. The molecule has 1 aromatic rings. The van der Waals surface area contributed by atoms with Crippen LogP contribution in [0.3, 0.4) is 0 Å². The van der Waals surface area contributed by atoms with Crippen molar-refractivity contribution in [1.82, 2.24) is 0 Å². The van der Waals surface area contributed by atoms with Crippen LogP contribution in [0.25, 0.3) is 0 Å². The van der Waals surface area contributed by atoms with Crippen LogP contribution < -0.4 is 0 Å². The normalized spacial score (nSPS) is 13.7. The molecule has 0 atom stereocenters. The number of ether oxygens (including phenoxy) is 1. The van der Waals surface area contributed by atoms with Gasteiger partial charge in [0.05, 0.1) is 13.5 Å². The first-order valence-electron chi connectivity index (χ1n) is 5.12. The van der Waals surface area contributed by atoms with Gasteiger partial charge in [0.2, 0.25) is 0 Å². The minimum absolute atomic E-state index is 0.227. The summed E-state index contributed by atoms with van der Waals surface area (Å²) < 4.78 is 4.64. The Bertz CT molecular complexity index is 396. The van der Waals surface area contributed by atoms with Crippen molar-refractivity contribution in [3.63, 3.8) is 0 Å². The number of phenols is 1. The predicted octanol–water partition coefficient (Wildman–Crippen LogP) is 1.60. The highest BCUT2D eigenvalue weighted by atomic mass is 16.5. The fourth-order valence-corrected chi connectivity index (χ4v) is 2.15. The Labute approximate surface area is 88.7 Å². The maximum Gasteiger partial charge on any atom is 0.309 e. The molecule has 2 rings (SSSR count). The predicted molar refractivity (Wildman–Crippen MR) is 55.9 cm³/mol. The SMILES string of the molecule is COC(=O)Cc1ccc(O)c2c1CCC2. The van der Waals surface area contributed by atoms with Gasteiger partial charge in [-0.3, -0.25) is 4.79 Å². The molecule has 80 valence electrons. The van der Waals surface area contributed by atoms with E-state index >= 15 is 0 Å². The van der Waals surface area contributed by atoms with Crippen LogP contribution in [0.4, 0.5) is 0 Å². The van der Waals surface area contributed by atoms with Gasteiger partial charge in [0.25, 0.3) is 0 Å². The molecule has 1 aliphatic rings. The van der Waals surface area contributed by atoms with E-state index in [1.165, 1.54) is 7.11 Å². The zero-order valence-corrected chi connectivity index (χ0v) is 8.75. The largest absolute Gasteiger partial charge is 0.508 e. The fourth-order valence-electron chi connectivity index (χ4n) is 2.15. The van der Waals surface area contributed by atoms with Crippen LogP contribution in [0.5, 0.6) is 5.75 Å². The van der Waals surface area contributed by atoms with Crippen LogP contribution >= 0.6 is 0 Å². The summed E-state index contributed by atoms with van der Waals surface area (Å²) >= 11 is 0. The van der Waals surface area contributed by atoms with Crippen molar-refractivity contribution in [1.29, 1.82) is 0 Å². The molecular weight excluding hydrogens is 192 g/mol. The van der Waals surface area contributed by atoms with Crippen LogP contribution in [-0.4, -0.2) is 18.2 Å². The summed E-state index contributed by atoms with van der Waals surface area (Å²) in [6.07, 6.45) is 3.23. The highest BCUT2D eigenvalue weighted by Gasteiger charge is 2.19. The van der Waals surface area contributed by atoms with Crippen LogP contribution in [0.2, 0.25) is 0 Å².